The van der Waals surface area contributed by atoms with Crippen LogP contribution in [0.15, 0.2) is 42.5 Å². The summed E-state index contributed by atoms with van der Waals surface area (Å²) in [7, 11) is 1.55. The first-order chi connectivity index (χ1) is 11.7. The zero-order valence-electron chi connectivity index (χ0n) is 13.4. The number of carbonyl (C=O) groups excluding carboxylic acids is 1. The molecule has 0 atom stereocenters. The van der Waals surface area contributed by atoms with E-state index in [9.17, 15) is 9.18 Å². The van der Waals surface area contributed by atoms with Crippen LogP contribution in [0.2, 0.25) is 0 Å². The van der Waals surface area contributed by atoms with Crippen LogP contribution in [0.4, 0.5) is 15.8 Å². The first-order valence-corrected chi connectivity index (χ1v) is 7.75. The summed E-state index contributed by atoms with van der Waals surface area (Å²) in [4.78, 5) is 14.5. The summed E-state index contributed by atoms with van der Waals surface area (Å²) in [6.45, 7) is 2.97. The largest absolute Gasteiger partial charge is 0.495 e. The molecule has 1 heterocycles. The Morgan fingerprint density at radius 1 is 1.17 bits per heavy atom. The van der Waals surface area contributed by atoms with E-state index in [-0.39, 0.29) is 11.7 Å². The summed E-state index contributed by atoms with van der Waals surface area (Å²) in [5.74, 6) is -0.117. The molecule has 1 saturated heterocycles. The Morgan fingerprint density at radius 2 is 1.88 bits per heavy atom. The second-order valence-corrected chi connectivity index (χ2v) is 5.45. The van der Waals surface area contributed by atoms with E-state index in [1.54, 1.807) is 7.11 Å². The first kappa shape index (κ1) is 16.3. The van der Waals surface area contributed by atoms with Gasteiger partial charge in [-0.1, -0.05) is 0 Å². The Kier molecular flexibility index (Phi) is 4.96. The lowest BCUT2D eigenvalue weighted by molar-refractivity contribution is 0.102. The van der Waals surface area contributed by atoms with Gasteiger partial charge in [-0.3, -0.25) is 4.79 Å². The molecule has 6 heteroatoms. The minimum atomic E-state index is -0.376. The highest BCUT2D eigenvalue weighted by molar-refractivity contribution is 6.05. The minimum absolute atomic E-state index is 0.313. The van der Waals surface area contributed by atoms with E-state index in [0.717, 1.165) is 18.8 Å². The van der Waals surface area contributed by atoms with Gasteiger partial charge >= 0.3 is 0 Å². The van der Waals surface area contributed by atoms with Gasteiger partial charge in [-0.25, -0.2) is 4.39 Å². The van der Waals surface area contributed by atoms with Crippen LogP contribution in [0.3, 0.4) is 0 Å². The zero-order chi connectivity index (χ0) is 16.9. The number of benzene rings is 2. The molecule has 24 heavy (non-hydrogen) atoms. The fourth-order valence-electron chi connectivity index (χ4n) is 2.61. The van der Waals surface area contributed by atoms with Crippen molar-refractivity contribution in [3.8, 4) is 5.75 Å². The van der Waals surface area contributed by atoms with Crippen molar-refractivity contribution in [3.63, 3.8) is 0 Å². The Balaban J connectivity index is 1.82. The third-order valence-corrected chi connectivity index (χ3v) is 3.91. The molecule has 3 rings (SSSR count). The van der Waals surface area contributed by atoms with E-state index < -0.39 is 0 Å². The molecule has 0 saturated carbocycles. The van der Waals surface area contributed by atoms with Crippen LogP contribution >= 0.6 is 0 Å². The number of hydrogen-bond acceptors (Lipinski definition) is 4. The quantitative estimate of drug-likeness (QED) is 0.936. The molecular formula is C18H19FN2O3. The molecule has 0 unspecified atom stereocenters. The van der Waals surface area contributed by atoms with Crippen molar-refractivity contribution in [3.05, 3.63) is 53.8 Å². The highest BCUT2D eigenvalue weighted by Gasteiger charge is 2.15. The van der Waals surface area contributed by atoms with Gasteiger partial charge in [0.05, 0.1) is 26.0 Å². The number of ether oxygens (including phenoxy) is 2. The number of methoxy groups -OCH3 is 1. The fraction of sp³-hybridized carbons (Fsp3) is 0.278. The highest BCUT2D eigenvalue weighted by Crippen LogP contribution is 2.30. The van der Waals surface area contributed by atoms with Gasteiger partial charge in [0.2, 0.25) is 0 Å². The van der Waals surface area contributed by atoms with Crippen LogP contribution in [0, 0.1) is 5.82 Å². The monoisotopic (exact) mass is 330 g/mol. The number of halogens is 1. The van der Waals surface area contributed by atoms with Gasteiger partial charge in [0.1, 0.15) is 11.6 Å². The summed E-state index contributed by atoms with van der Waals surface area (Å²) < 4.78 is 23.7. The van der Waals surface area contributed by atoms with Crippen molar-refractivity contribution in [1.29, 1.82) is 0 Å². The third kappa shape index (κ3) is 3.65. The van der Waals surface area contributed by atoms with E-state index >= 15 is 0 Å². The number of morpholine rings is 1. The van der Waals surface area contributed by atoms with Crippen LogP contribution in [-0.2, 0) is 4.74 Å². The molecule has 1 aliphatic heterocycles. The molecule has 5 nitrogen and oxygen atoms in total. The maximum atomic E-state index is 13.0. The minimum Gasteiger partial charge on any atom is -0.495 e. The standard InChI is InChI=1S/C18H19FN2O3/c1-23-17-7-6-15(21-8-10-24-11-9-21)12-16(17)20-18(22)13-2-4-14(19)5-3-13/h2-7,12H,8-11H2,1H3,(H,20,22). The third-order valence-electron chi connectivity index (χ3n) is 3.91. The van der Waals surface area contributed by atoms with E-state index in [0.29, 0.717) is 30.2 Å². The Labute approximate surface area is 140 Å². The number of carbonyl (C=O) groups is 1. The van der Waals surface area contributed by atoms with Crippen LogP contribution < -0.4 is 15.0 Å². The Bertz CT molecular complexity index is 713. The van der Waals surface area contributed by atoms with E-state index in [2.05, 4.69) is 10.2 Å². The average Bonchev–Trinajstić information content (AvgIpc) is 2.63. The molecule has 2 aromatic carbocycles. The second kappa shape index (κ2) is 7.31. The SMILES string of the molecule is COc1ccc(N2CCOCC2)cc1NC(=O)c1ccc(F)cc1. The molecular weight excluding hydrogens is 311 g/mol. The van der Waals surface area contributed by atoms with Crippen molar-refractivity contribution in [2.75, 3.05) is 43.6 Å². The van der Waals surface area contributed by atoms with E-state index in [1.807, 2.05) is 18.2 Å². The average molecular weight is 330 g/mol. The smallest absolute Gasteiger partial charge is 0.255 e. The maximum Gasteiger partial charge on any atom is 0.255 e. The van der Waals surface area contributed by atoms with Crippen molar-refractivity contribution in [2.45, 2.75) is 0 Å². The van der Waals surface area contributed by atoms with E-state index in [1.165, 1.54) is 24.3 Å². The van der Waals surface area contributed by atoms with Crippen LogP contribution in [-0.4, -0.2) is 39.3 Å². The molecule has 0 aliphatic carbocycles. The van der Waals surface area contributed by atoms with Gasteiger partial charge in [-0.15, -0.1) is 0 Å². The summed E-state index contributed by atoms with van der Waals surface area (Å²) in [5, 5.41) is 2.83. The molecule has 0 aromatic heterocycles. The first-order valence-electron chi connectivity index (χ1n) is 7.75. The molecule has 0 radical (unpaired) electrons. The number of hydrogen-bond donors (Lipinski definition) is 1. The van der Waals surface area contributed by atoms with Crippen molar-refractivity contribution >= 4 is 17.3 Å². The predicted octanol–water partition coefficient (Wildman–Crippen LogP) is 2.92. The Hall–Kier alpha value is -2.60. The number of rotatable bonds is 4. The zero-order valence-corrected chi connectivity index (χ0v) is 13.4. The second-order valence-electron chi connectivity index (χ2n) is 5.45. The van der Waals surface area contributed by atoms with Gasteiger partial charge in [-0.2, -0.15) is 0 Å². The molecule has 1 amide bonds. The maximum absolute atomic E-state index is 13.0. The molecule has 1 fully saturated rings. The topological polar surface area (TPSA) is 50.8 Å². The van der Waals surface area contributed by atoms with Gasteiger partial charge in [0, 0.05) is 24.3 Å². The summed E-state index contributed by atoms with van der Waals surface area (Å²) in [6, 6.07) is 11.1. The summed E-state index contributed by atoms with van der Waals surface area (Å²) in [5.41, 5.74) is 1.96. The molecule has 0 spiro atoms. The van der Waals surface area contributed by atoms with E-state index in [4.69, 9.17) is 9.47 Å². The summed E-state index contributed by atoms with van der Waals surface area (Å²) >= 11 is 0. The lowest BCUT2D eigenvalue weighted by atomic mass is 10.2. The number of nitrogens with zero attached hydrogens (tertiary/aromatic N) is 1. The van der Waals surface area contributed by atoms with Gasteiger partial charge < -0.3 is 19.7 Å². The van der Waals surface area contributed by atoms with Crippen molar-refractivity contribution < 1.29 is 18.7 Å². The summed E-state index contributed by atoms with van der Waals surface area (Å²) in [6.07, 6.45) is 0. The van der Waals surface area contributed by atoms with Crippen molar-refractivity contribution in [2.24, 2.45) is 0 Å². The molecule has 1 N–H and O–H groups in total. The normalized spacial score (nSPS) is 14.3. The number of nitrogens with one attached hydrogen (secondary N) is 1. The highest BCUT2D eigenvalue weighted by atomic mass is 19.1. The van der Waals surface area contributed by atoms with Gasteiger partial charge in [0.25, 0.3) is 5.91 Å². The molecule has 126 valence electrons. The van der Waals surface area contributed by atoms with Crippen LogP contribution in [0.5, 0.6) is 5.75 Å². The van der Waals surface area contributed by atoms with Crippen LogP contribution in [0.1, 0.15) is 10.4 Å². The molecule has 0 bridgehead atoms. The van der Waals surface area contributed by atoms with Gasteiger partial charge in [0.15, 0.2) is 0 Å². The van der Waals surface area contributed by atoms with Crippen molar-refractivity contribution in [1.82, 2.24) is 0 Å². The molecule has 2 aromatic rings. The lowest BCUT2D eigenvalue weighted by Gasteiger charge is -2.29. The Morgan fingerprint density at radius 3 is 2.54 bits per heavy atom. The molecule has 1 aliphatic rings. The number of anilines is 2. The fourth-order valence-corrected chi connectivity index (χ4v) is 2.61. The predicted molar refractivity (Wildman–Crippen MR) is 90.4 cm³/mol. The van der Waals surface area contributed by atoms with Gasteiger partial charge in [-0.05, 0) is 42.5 Å². The lowest BCUT2D eigenvalue weighted by Crippen LogP contribution is -2.36. The number of amides is 1. The van der Waals surface area contributed by atoms with Crippen LogP contribution in [0.25, 0.3) is 0 Å².